The van der Waals surface area contributed by atoms with Crippen LogP contribution in [0, 0.1) is 0 Å². The van der Waals surface area contributed by atoms with Crippen LogP contribution in [-0.2, 0) is 4.74 Å². The van der Waals surface area contributed by atoms with Gasteiger partial charge in [-0.15, -0.1) is 24.8 Å². The van der Waals surface area contributed by atoms with Gasteiger partial charge in [0.2, 0.25) is 5.95 Å². The third-order valence-corrected chi connectivity index (χ3v) is 4.19. The van der Waals surface area contributed by atoms with Crippen LogP contribution in [0.1, 0.15) is 24.5 Å². The van der Waals surface area contributed by atoms with E-state index in [0.717, 1.165) is 63.7 Å². The summed E-state index contributed by atoms with van der Waals surface area (Å²) in [6, 6.07) is 2.32. The highest BCUT2D eigenvalue weighted by atomic mass is 35.5. The highest BCUT2D eigenvalue weighted by molar-refractivity contribution is 5.85. The van der Waals surface area contributed by atoms with Gasteiger partial charge >= 0.3 is 0 Å². The molecule has 23 heavy (non-hydrogen) atoms. The van der Waals surface area contributed by atoms with Gasteiger partial charge in [0.25, 0.3) is 0 Å². The van der Waals surface area contributed by atoms with Crippen molar-refractivity contribution in [3.05, 3.63) is 11.8 Å². The number of nitrogen functional groups attached to an aromatic ring is 1. The van der Waals surface area contributed by atoms with E-state index in [-0.39, 0.29) is 24.8 Å². The minimum atomic E-state index is 0. The number of morpholine rings is 1. The minimum absolute atomic E-state index is 0. The number of rotatable bonds is 5. The molecule has 7 nitrogen and oxygen atoms in total. The lowest BCUT2D eigenvalue weighted by atomic mass is 9.78. The van der Waals surface area contributed by atoms with Crippen molar-refractivity contribution in [2.75, 3.05) is 50.4 Å². The van der Waals surface area contributed by atoms with Crippen molar-refractivity contribution in [1.82, 2.24) is 14.9 Å². The number of anilines is 2. The molecule has 1 aromatic heterocycles. The fourth-order valence-corrected chi connectivity index (χ4v) is 2.86. The van der Waals surface area contributed by atoms with E-state index in [9.17, 15) is 0 Å². The Balaban J connectivity index is 0.00000132. The lowest BCUT2D eigenvalue weighted by molar-refractivity contribution is 0.0398. The number of hydrogen-bond donors (Lipinski definition) is 3. The maximum absolute atomic E-state index is 5.84. The summed E-state index contributed by atoms with van der Waals surface area (Å²) in [6.07, 6.45) is 1.98. The molecule has 2 heterocycles. The van der Waals surface area contributed by atoms with Crippen LogP contribution in [0.5, 0.6) is 0 Å². The molecule has 2 fully saturated rings. The first-order valence-electron chi connectivity index (χ1n) is 7.65. The van der Waals surface area contributed by atoms with Gasteiger partial charge in [-0.2, -0.15) is 4.98 Å². The van der Waals surface area contributed by atoms with Crippen LogP contribution in [0.2, 0.25) is 0 Å². The lowest BCUT2D eigenvalue weighted by Crippen LogP contribution is -2.39. The second kappa shape index (κ2) is 9.44. The fourth-order valence-electron chi connectivity index (χ4n) is 2.86. The molecule has 0 spiro atoms. The van der Waals surface area contributed by atoms with Gasteiger partial charge in [0.15, 0.2) is 0 Å². The second-order valence-electron chi connectivity index (χ2n) is 5.85. The third kappa shape index (κ3) is 5.61. The van der Waals surface area contributed by atoms with Gasteiger partial charge in [-0.1, -0.05) is 0 Å². The van der Waals surface area contributed by atoms with Crippen LogP contribution in [0.3, 0.4) is 0 Å². The van der Waals surface area contributed by atoms with E-state index in [0.29, 0.717) is 17.9 Å². The zero-order valence-corrected chi connectivity index (χ0v) is 14.7. The first kappa shape index (κ1) is 20.2. The average molecular weight is 365 g/mol. The predicted octanol–water partition coefficient (Wildman–Crippen LogP) is 0.851. The third-order valence-electron chi connectivity index (χ3n) is 4.19. The molecule has 0 aromatic carbocycles. The molecular formula is C14H26Cl2N6O. The average Bonchev–Trinajstić information content (AvgIpc) is 2.44. The fraction of sp³-hybridized carbons (Fsp3) is 0.714. The summed E-state index contributed by atoms with van der Waals surface area (Å²) in [5, 5.41) is 3.34. The normalized spacial score (nSPS) is 24.0. The Bertz CT molecular complexity index is 480. The molecule has 0 bridgehead atoms. The predicted molar refractivity (Wildman–Crippen MR) is 96.6 cm³/mol. The van der Waals surface area contributed by atoms with Gasteiger partial charge < -0.3 is 21.5 Å². The molecule has 0 unspecified atom stereocenters. The molecule has 5 N–H and O–H groups in total. The summed E-state index contributed by atoms with van der Waals surface area (Å²) in [6.45, 7) is 5.48. The number of hydrogen-bond acceptors (Lipinski definition) is 7. The summed E-state index contributed by atoms with van der Waals surface area (Å²) in [4.78, 5) is 11.0. The topological polar surface area (TPSA) is 102 Å². The number of nitrogens with zero attached hydrogens (tertiary/aromatic N) is 3. The quantitative estimate of drug-likeness (QED) is 0.711. The van der Waals surface area contributed by atoms with E-state index in [1.165, 1.54) is 0 Å². The number of nitrogens with one attached hydrogen (secondary N) is 1. The summed E-state index contributed by atoms with van der Waals surface area (Å²) in [5.74, 6) is 1.58. The first-order valence-corrected chi connectivity index (χ1v) is 7.65. The van der Waals surface area contributed by atoms with Crippen molar-refractivity contribution in [3.8, 4) is 0 Å². The first-order chi connectivity index (χ1) is 10.2. The molecule has 1 aliphatic carbocycles. The van der Waals surface area contributed by atoms with Crippen molar-refractivity contribution < 1.29 is 4.74 Å². The van der Waals surface area contributed by atoms with Crippen LogP contribution in [0.15, 0.2) is 6.07 Å². The molecule has 1 aliphatic heterocycles. The number of ether oxygens (including phenoxy) is 1. The van der Waals surface area contributed by atoms with Crippen LogP contribution >= 0.6 is 24.8 Å². The summed E-state index contributed by atoms with van der Waals surface area (Å²) < 4.78 is 5.34. The highest BCUT2D eigenvalue weighted by Crippen LogP contribution is 2.35. The SMILES string of the molecule is Cl.Cl.Nc1nc(NCCN2CCOCC2)cc(C2CC(N)C2)n1. The van der Waals surface area contributed by atoms with Gasteiger partial charge in [0.05, 0.1) is 18.9 Å². The second-order valence-corrected chi connectivity index (χ2v) is 5.85. The van der Waals surface area contributed by atoms with Crippen molar-refractivity contribution in [2.45, 2.75) is 24.8 Å². The monoisotopic (exact) mass is 364 g/mol. The smallest absolute Gasteiger partial charge is 0.222 e. The number of aromatic nitrogens is 2. The molecule has 0 atom stereocenters. The van der Waals surface area contributed by atoms with Crippen molar-refractivity contribution in [3.63, 3.8) is 0 Å². The zero-order chi connectivity index (χ0) is 14.7. The Morgan fingerprint density at radius 1 is 1.22 bits per heavy atom. The summed E-state index contributed by atoms with van der Waals surface area (Å²) in [7, 11) is 0. The van der Waals surface area contributed by atoms with Gasteiger partial charge in [-0.3, -0.25) is 4.90 Å². The van der Waals surface area contributed by atoms with Gasteiger partial charge in [0, 0.05) is 44.2 Å². The van der Waals surface area contributed by atoms with Crippen molar-refractivity contribution >= 4 is 36.6 Å². The Morgan fingerprint density at radius 2 is 1.91 bits per heavy atom. The van der Waals surface area contributed by atoms with E-state index < -0.39 is 0 Å². The van der Waals surface area contributed by atoms with Gasteiger partial charge in [-0.05, 0) is 12.8 Å². The standard InChI is InChI=1S/C14H24N6O.2ClH/c15-11-7-10(8-11)12-9-13(19-14(16)18-12)17-1-2-20-3-5-21-6-4-20;;/h9-11H,1-8,15H2,(H3,16,17,18,19);2*1H. The van der Waals surface area contributed by atoms with E-state index in [1.54, 1.807) is 0 Å². The summed E-state index contributed by atoms with van der Waals surface area (Å²) in [5.41, 5.74) is 12.7. The molecule has 1 saturated heterocycles. The highest BCUT2D eigenvalue weighted by Gasteiger charge is 2.29. The van der Waals surface area contributed by atoms with Crippen LogP contribution in [0.25, 0.3) is 0 Å². The Labute approximate surface area is 149 Å². The van der Waals surface area contributed by atoms with Crippen LogP contribution in [-0.4, -0.2) is 60.3 Å². The van der Waals surface area contributed by atoms with Crippen LogP contribution in [0.4, 0.5) is 11.8 Å². The molecule has 2 aliphatic rings. The maximum Gasteiger partial charge on any atom is 0.222 e. The van der Waals surface area contributed by atoms with E-state index in [2.05, 4.69) is 20.2 Å². The zero-order valence-electron chi connectivity index (χ0n) is 13.1. The molecule has 1 saturated carbocycles. The molecule has 3 rings (SSSR count). The molecule has 132 valence electrons. The number of halogens is 2. The molecule has 1 aromatic rings. The van der Waals surface area contributed by atoms with E-state index >= 15 is 0 Å². The van der Waals surface area contributed by atoms with Crippen LogP contribution < -0.4 is 16.8 Å². The van der Waals surface area contributed by atoms with E-state index in [1.807, 2.05) is 6.07 Å². The molecule has 9 heteroatoms. The molecular weight excluding hydrogens is 339 g/mol. The Morgan fingerprint density at radius 3 is 2.57 bits per heavy atom. The molecule has 0 amide bonds. The molecule has 0 radical (unpaired) electrons. The minimum Gasteiger partial charge on any atom is -0.379 e. The maximum atomic E-state index is 5.84. The lowest BCUT2D eigenvalue weighted by Gasteiger charge is -2.32. The largest absolute Gasteiger partial charge is 0.379 e. The Hall–Kier alpha value is -0.860. The summed E-state index contributed by atoms with van der Waals surface area (Å²) >= 11 is 0. The number of nitrogens with two attached hydrogens (primary N) is 2. The van der Waals surface area contributed by atoms with Crippen molar-refractivity contribution in [1.29, 1.82) is 0 Å². The Kier molecular flexibility index (Phi) is 8.28. The van der Waals surface area contributed by atoms with Gasteiger partial charge in [-0.25, -0.2) is 4.98 Å². The van der Waals surface area contributed by atoms with Gasteiger partial charge in [0.1, 0.15) is 5.82 Å². The van der Waals surface area contributed by atoms with E-state index in [4.69, 9.17) is 16.2 Å². The van der Waals surface area contributed by atoms with Crippen molar-refractivity contribution in [2.24, 2.45) is 5.73 Å².